The normalized spacial score (nSPS) is 14.4. The molecule has 0 spiro atoms. The molecule has 9 heteroatoms. The second kappa shape index (κ2) is 10.7. The fraction of sp³-hybridized carbons (Fsp3) is 0.565. The van der Waals surface area contributed by atoms with Crippen molar-refractivity contribution in [2.75, 3.05) is 30.9 Å². The Hall–Kier alpha value is -2.84. The lowest BCUT2D eigenvalue weighted by atomic mass is 9.89. The smallest absolute Gasteiger partial charge is 0.303 e. The van der Waals surface area contributed by atoms with E-state index in [0.29, 0.717) is 30.8 Å². The second-order valence-electron chi connectivity index (χ2n) is 8.61. The van der Waals surface area contributed by atoms with Crippen molar-refractivity contribution in [2.45, 2.75) is 63.2 Å². The quantitative estimate of drug-likeness (QED) is 0.497. The van der Waals surface area contributed by atoms with E-state index in [4.69, 9.17) is 0 Å². The Morgan fingerprint density at radius 3 is 2.69 bits per heavy atom. The molecule has 0 bridgehead atoms. The summed E-state index contributed by atoms with van der Waals surface area (Å²) >= 11 is 0. The van der Waals surface area contributed by atoms with Gasteiger partial charge in [0.15, 0.2) is 0 Å². The van der Waals surface area contributed by atoms with Crippen LogP contribution in [0.4, 0.5) is 20.5 Å². The van der Waals surface area contributed by atoms with Crippen molar-refractivity contribution < 1.29 is 18.7 Å². The molecule has 2 aromatic heterocycles. The van der Waals surface area contributed by atoms with Gasteiger partial charge in [-0.15, -0.1) is 0 Å². The van der Waals surface area contributed by atoms with E-state index in [9.17, 15) is 18.7 Å². The van der Waals surface area contributed by atoms with E-state index in [-0.39, 0.29) is 12.8 Å². The molecule has 1 aliphatic heterocycles. The van der Waals surface area contributed by atoms with Crippen molar-refractivity contribution in [1.29, 1.82) is 0 Å². The molecule has 0 saturated carbocycles. The van der Waals surface area contributed by atoms with Gasteiger partial charge in [-0.2, -0.15) is 0 Å². The highest BCUT2D eigenvalue weighted by atomic mass is 19.3. The van der Waals surface area contributed by atoms with Gasteiger partial charge in [-0.05, 0) is 49.3 Å². The summed E-state index contributed by atoms with van der Waals surface area (Å²) in [6.07, 6.45) is 5.38. The van der Waals surface area contributed by atoms with Crippen molar-refractivity contribution in [3.63, 3.8) is 0 Å². The molecular formula is C23H31F2N5O2. The average molecular weight is 448 g/mol. The first-order valence-electron chi connectivity index (χ1n) is 11.0. The van der Waals surface area contributed by atoms with Gasteiger partial charge < -0.3 is 15.3 Å². The number of nitrogens with zero attached hydrogens (tertiary/aromatic N) is 4. The lowest BCUT2D eigenvalue weighted by Crippen LogP contribution is -2.22. The zero-order valence-corrected chi connectivity index (χ0v) is 18.7. The number of hydrogen-bond acceptors (Lipinski definition) is 6. The van der Waals surface area contributed by atoms with Gasteiger partial charge in [0.05, 0.1) is 6.42 Å². The molecule has 2 N–H and O–H groups in total. The molecule has 1 unspecified atom stereocenters. The number of rotatable bonds is 11. The molecule has 0 amide bonds. The van der Waals surface area contributed by atoms with Gasteiger partial charge in [0.2, 0.25) is 11.9 Å². The minimum absolute atomic E-state index is 0.289. The van der Waals surface area contributed by atoms with Crippen LogP contribution in [0.3, 0.4) is 0 Å². The van der Waals surface area contributed by atoms with Crippen LogP contribution < -0.4 is 10.2 Å². The van der Waals surface area contributed by atoms with Crippen LogP contribution in [0.2, 0.25) is 0 Å². The van der Waals surface area contributed by atoms with Crippen molar-refractivity contribution in [1.82, 2.24) is 15.0 Å². The van der Waals surface area contributed by atoms with Crippen molar-refractivity contribution in [3.8, 4) is 0 Å². The van der Waals surface area contributed by atoms with Crippen molar-refractivity contribution in [3.05, 3.63) is 41.3 Å². The van der Waals surface area contributed by atoms with Gasteiger partial charge in [0.1, 0.15) is 5.82 Å². The maximum atomic E-state index is 14.7. The monoisotopic (exact) mass is 447 g/mol. The van der Waals surface area contributed by atoms with Gasteiger partial charge in [0.25, 0.3) is 0 Å². The summed E-state index contributed by atoms with van der Waals surface area (Å²) in [5, 5.41) is 12.5. The van der Waals surface area contributed by atoms with E-state index in [0.717, 1.165) is 30.9 Å². The maximum absolute atomic E-state index is 14.7. The minimum atomic E-state index is -2.97. The summed E-state index contributed by atoms with van der Waals surface area (Å²) in [5.41, 5.74) is 2.53. The van der Waals surface area contributed by atoms with Crippen LogP contribution in [0.15, 0.2) is 24.5 Å². The Kier molecular flexibility index (Phi) is 7.93. The zero-order chi connectivity index (χ0) is 23.1. The Morgan fingerprint density at radius 1 is 1.25 bits per heavy atom. The summed E-state index contributed by atoms with van der Waals surface area (Å²) in [5.74, 6) is -3.56. The highest BCUT2D eigenvalue weighted by Crippen LogP contribution is 2.36. The molecule has 0 aromatic carbocycles. The van der Waals surface area contributed by atoms with E-state index in [1.807, 2.05) is 6.07 Å². The number of aryl methyl sites for hydroxylation is 2. The molecule has 0 aliphatic carbocycles. The number of anilines is 2. The van der Waals surface area contributed by atoms with Gasteiger partial charge in [-0.3, -0.25) is 4.79 Å². The van der Waals surface area contributed by atoms with Crippen LogP contribution >= 0.6 is 0 Å². The number of hydrogen-bond donors (Lipinski definition) is 2. The highest BCUT2D eigenvalue weighted by Gasteiger charge is 2.34. The second-order valence-corrected chi connectivity index (χ2v) is 8.61. The van der Waals surface area contributed by atoms with E-state index < -0.39 is 24.2 Å². The third-order valence-corrected chi connectivity index (χ3v) is 5.67. The number of alkyl halides is 2. The molecule has 0 saturated heterocycles. The summed E-state index contributed by atoms with van der Waals surface area (Å²) in [4.78, 5) is 25.8. The number of unbranched alkanes of at least 4 members (excludes halogenated alkanes) is 1. The van der Waals surface area contributed by atoms with Gasteiger partial charge in [-0.25, -0.2) is 23.7 Å². The Morgan fingerprint density at radius 2 is 2.00 bits per heavy atom. The molecule has 174 valence electrons. The van der Waals surface area contributed by atoms with Crippen LogP contribution in [-0.2, 0) is 17.6 Å². The van der Waals surface area contributed by atoms with E-state index in [2.05, 4.69) is 26.3 Å². The molecule has 32 heavy (non-hydrogen) atoms. The minimum Gasteiger partial charge on any atom is -0.481 e. The third kappa shape index (κ3) is 6.83. The van der Waals surface area contributed by atoms with Crippen LogP contribution in [0.25, 0.3) is 0 Å². The third-order valence-electron chi connectivity index (χ3n) is 5.67. The fourth-order valence-electron chi connectivity index (χ4n) is 3.95. The largest absolute Gasteiger partial charge is 0.481 e. The van der Waals surface area contributed by atoms with Crippen LogP contribution in [-0.4, -0.2) is 52.6 Å². The van der Waals surface area contributed by atoms with Crippen molar-refractivity contribution >= 4 is 17.7 Å². The number of carboxylic acids is 1. The molecule has 1 aliphatic rings. The molecule has 3 rings (SSSR count). The van der Waals surface area contributed by atoms with E-state index >= 15 is 0 Å². The topological polar surface area (TPSA) is 91.2 Å². The molecular weight excluding hydrogens is 416 g/mol. The fourth-order valence-corrected chi connectivity index (χ4v) is 3.95. The number of nitrogens with one attached hydrogen (secondary N) is 1. The first-order valence-corrected chi connectivity index (χ1v) is 11.0. The number of halogens is 2. The molecule has 1 atom stereocenters. The summed E-state index contributed by atoms with van der Waals surface area (Å²) < 4.78 is 29.4. The summed E-state index contributed by atoms with van der Waals surface area (Å²) in [7, 11) is 3.54. The number of carboxylic acid groups (broad SMARTS) is 1. The predicted molar refractivity (Wildman–Crippen MR) is 120 cm³/mol. The maximum Gasteiger partial charge on any atom is 0.303 e. The van der Waals surface area contributed by atoms with Crippen LogP contribution in [0.5, 0.6) is 0 Å². The Balaban J connectivity index is 1.53. The van der Waals surface area contributed by atoms with Gasteiger partial charge in [0, 0.05) is 57.5 Å². The number of pyridine rings is 1. The lowest BCUT2D eigenvalue weighted by Gasteiger charge is -2.23. The standard InChI is InChI=1S/C23H31F2N5O2/c1-30(2)22-27-14-18(15-28-22)17(12-20(31)32)13-23(24,25)10-4-3-7-19-9-8-16-6-5-11-26-21(16)29-19/h8-9,14-15,17H,3-7,10-13H2,1-2H3,(H,26,29)(H,31,32). The predicted octanol–water partition coefficient (Wildman–Crippen LogP) is 4.29. The van der Waals surface area contributed by atoms with Gasteiger partial charge in [-0.1, -0.05) is 6.07 Å². The SMILES string of the molecule is CN(C)c1ncc(C(CC(=O)O)CC(F)(F)CCCCc2ccc3c(n2)NCCC3)cn1. The van der Waals surface area contributed by atoms with Crippen molar-refractivity contribution in [2.24, 2.45) is 0 Å². The van der Waals surface area contributed by atoms with Crippen LogP contribution in [0, 0.1) is 0 Å². The molecule has 2 aromatic rings. The highest BCUT2D eigenvalue weighted by molar-refractivity contribution is 5.68. The number of aliphatic carboxylic acids is 1. The van der Waals surface area contributed by atoms with E-state index in [1.165, 1.54) is 18.0 Å². The number of fused-ring (bicyclic) bond motifs is 1. The molecule has 3 heterocycles. The molecule has 0 fully saturated rings. The Labute approximate surface area is 187 Å². The first kappa shape index (κ1) is 23.8. The first-order chi connectivity index (χ1) is 15.2. The van der Waals surface area contributed by atoms with E-state index in [1.54, 1.807) is 19.0 Å². The summed E-state index contributed by atoms with van der Waals surface area (Å²) in [6.45, 7) is 0.913. The Bertz CT molecular complexity index is 906. The molecule has 7 nitrogen and oxygen atoms in total. The summed E-state index contributed by atoms with van der Waals surface area (Å²) in [6, 6.07) is 4.04. The lowest BCUT2D eigenvalue weighted by molar-refractivity contribution is -0.138. The number of carbonyl (C=O) groups is 1. The number of aromatic nitrogens is 3. The van der Waals surface area contributed by atoms with Gasteiger partial charge >= 0.3 is 5.97 Å². The van der Waals surface area contributed by atoms with Crippen LogP contribution in [0.1, 0.15) is 61.3 Å². The average Bonchev–Trinajstić information content (AvgIpc) is 2.76. The zero-order valence-electron chi connectivity index (χ0n) is 18.7. The molecule has 0 radical (unpaired) electrons.